The first kappa shape index (κ1) is 15.3. The SMILES string of the molecule is COCC(=O)N1CCC(=CC#Cc2cccc(C)n2)CC1. The lowest BCUT2D eigenvalue weighted by atomic mass is 10.0. The Kier molecular flexibility index (Phi) is 5.53. The molecule has 21 heavy (non-hydrogen) atoms. The molecule has 0 atom stereocenters. The molecule has 1 aliphatic rings. The van der Waals surface area contributed by atoms with Crippen molar-refractivity contribution in [3.63, 3.8) is 0 Å². The molecule has 1 aromatic heterocycles. The van der Waals surface area contributed by atoms with Crippen molar-refractivity contribution in [2.45, 2.75) is 19.8 Å². The number of likely N-dealkylation sites (tertiary alicyclic amines) is 1. The lowest BCUT2D eigenvalue weighted by Crippen LogP contribution is -2.38. The minimum Gasteiger partial charge on any atom is -0.375 e. The van der Waals surface area contributed by atoms with E-state index in [2.05, 4.69) is 16.8 Å². The van der Waals surface area contributed by atoms with E-state index in [-0.39, 0.29) is 12.5 Å². The molecule has 0 radical (unpaired) electrons. The van der Waals surface area contributed by atoms with Gasteiger partial charge in [-0.2, -0.15) is 0 Å². The van der Waals surface area contributed by atoms with Crippen molar-refractivity contribution in [2.24, 2.45) is 0 Å². The van der Waals surface area contributed by atoms with Gasteiger partial charge in [0.25, 0.3) is 0 Å². The van der Waals surface area contributed by atoms with Gasteiger partial charge in [0.15, 0.2) is 0 Å². The number of carbonyl (C=O) groups excluding carboxylic acids is 1. The fraction of sp³-hybridized carbons (Fsp3) is 0.412. The van der Waals surface area contributed by atoms with Crippen LogP contribution in [0.4, 0.5) is 0 Å². The van der Waals surface area contributed by atoms with Gasteiger partial charge in [-0.3, -0.25) is 4.79 Å². The van der Waals surface area contributed by atoms with Gasteiger partial charge in [-0.15, -0.1) is 0 Å². The molecule has 2 rings (SSSR count). The first-order valence-electron chi connectivity index (χ1n) is 7.09. The fourth-order valence-corrected chi connectivity index (χ4v) is 2.23. The third-order valence-electron chi connectivity index (χ3n) is 3.39. The number of rotatable bonds is 2. The summed E-state index contributed by atoms with van der Waals surface area (Å²) in [6, 6.07) is 5.82. The number of piperidine rings is 1. The van der Waals surface area contributed by atoms with E-state index in [1.54, 1.807) is 7.11 Å². The van der Waals surface area contributed by atoms with Gasteiger partial charge in [0.05, 0.1) is 0 Å². The standard InChI is InChI=1S/C17H20N2O2/c1-14-5-3-7-16(18-14)8-4-6-15-9-11-19(12-10-15)17(20)13-21-2/h3,5-7H,9-13H2,1-2H3. The number of pyridine rings is 1. The van der Waals surface area contributed by atoms with E-state index in [9.17, 15) is 4.79 Å². The van der Waals surface area contributed by atoms with E-state index < -0.39 is 0 Å². The third kappa shape index (κ3) is 4.73. The first-order chi connectivity index (χ1) is 10.2. The summed E-state index contributed by atoms with van der Waals surface area (Å²) in [5.41, 5.74) is 3.05. The van der Waals surface area contributed by atoms with Crippen LogP contribution in [0.5, 0.6) is 0 Å². The normalized spacial score (nSPS) is 14.4. The lowest BCUT2D eigenvalue weighted by Gasteiger charge is -2.27. The Labute approximate surface area is 125 Å². The highest BCUT2D eigenvalue weighted by molar-refractivity contribution is 5.77. The molecule has 1 amide bonds. The summed E-state index contributed by atoms with van der Waals surface area (Å²) < 4.78 is 4.87. The lowest BCUT2D eigenvalue weighted by molar-refractivity contribution is -0.135. The van der Waals surface area contributed by atoms with Gasteiger partial charge in [-0.05, 0) is 43.9 Å². The highest BCUT2D eigenvalue weighted by Gasteiger charge is 2.18. The zero-order chi connectivity index (χ0) is 15.1. The van der Waals surface area contributed by atoms with Crippen molar-refractivity contribution in [3.8, 4) is 11.8 Å². The number of hydrogen-bond acceptors (Lipinski definition) is 3. The molecule has 0 N–H and O–H groups in total. The van der Waals surface area contributed by atoms with Crippen LogP contribution in [0.15, 0.2) is 29.8 Å². The Morgan fingerprint density at radius 2 is 2.19 bits per heavy atom. The number of amides is 1. The van der Waals surface area contributed by atoms with Crippen LogP contribution in [0.1, 0.15) is 24.2 Å². The molecule has 0 saturated carbocycles. The van der Waals surface area contributed by atoms with Crippen LogP contribution in [-0.2, 0) is 9.53 Å². The predicted molar refractivity (Wildman–Crippen MR) is 81.6 cm³/mol. The molecule has 4 heteroatoms. The zero-order valence-corrected chi connectivity index (χ0v) is 12.6. The average Bonchev–Trinajstić information content (AvgIpc) is 2.48. The van der Waals surface area contributed by atoms with Crippen molar-refractivity contribution in [2.75, 3.05) is 26.8 Å². The van der Waals surface area contributed by atoms with Gasteiger partial charge in [0.1, 0.15) is 12.3 Å². The Morgan fingerprint density at radius 3 is 2.86 bits per heavy atom. The topological polar surface area (TPSA) is 42.4 Å². The molecule has 0 aromatic carbocycles. The Morgan fingerprint density at radius 1 is 1.43 bits per heavy atom. The monoisotopic (exact) mass is 284 g/mol. The van der Waals surface area contributed by atoms with Gasteiger partial charge < -0.3 is 9.64 Å². The van der Waals surface area contributed by atoms with Crippen LogP contribution in [0.3, 0.4) is 0 Å². The van der Waals surface area contributed by atoms with Crippen molar-refractivity contribution in [1.29, 1.82) is 0 Å². The highest BCUT2D eigenvalue weighted by Crippen LogP contribution is 2.15. The summed E-state index contributed by atoms with van der Waals surface area (Å²) in [6.07, 6.45) is 3.72. The summed E-state index contributed by atoms with van der Waals surface area (Å²) in [5.74, 6) is 6.18. The average molecular weight is 284 g/mol. The molecular formula is C17H20N2O2. The molecule has 4 nitrogen and oxygen atoms in total. The molecular weight excluding hydrogens is 264 g/mol. The molecule has 1 aliphatic heterocycles. The largest absolute Gasteiger partial charge is 0.375 e. The van der Waals surface area contributed by atoms with Crippen LogP contribution in [-0.4, -0.2) is 42.6 Å². The molecule has 0 unspecified atom stereocenters. The van der Waals surface area contributed by atoms with Crippen LogP contribution in [0.2, 0.25) is 0 Å². The van der Waals surface area contributed by atoms with Crippen molar-refractivity contribution in [3.05, 3.63) is 41.2 Å². The smallest absolute Gasteiger partial charge is 0.248 e. The molecule has 1 aromatic rings. The summed E-state index contributed by atoms with van der Waals surface area (Å²) >= 11 is 0. The number of carbonyl (C=O) groups is 1. The minimum atomic E-state index is 0.0617. The maximum absolute atomic E-state index is 11.7. The van der Waals surface area contributed by atoms with Crippen molar-refractivity contribution < 1.29 is 9.53 Å². The van der Waals surface area contributed by atoms with E-state index >= 15 is 0 Å². The summed E-state index contributed by atoms with van der Waals surface area (Å²) in [4.78, 5) is 17.9. The number of allylic oxidation sites excluding steroid dienone is 1. The van der Waals surface area contributed by atoms with Gasteiger partial charge in [-0.25, -0.2) is 4.98 Å². The van der Waals surface area contributed by atoms with E-state index in [1.165, 1.54) is 5.57 Å². The highest BCUT2D eigenvalue weighted by atomic mass is 16.5. The van der Waals surface area contributed by atoms with Crippen molar-refractivity contribution >= 4 is 5.91 Å². The van der Waals surface area contributed by atoms with E-state index in [4.69, 9.17) is 4.74 Å². The Bertz CT molecular complexity index is 586. The van der Waals surface area contributed by atoms with Gasteiger partial charge >= 0.3 is 0 Å². The van der Waals surface area contributed by atoms with Crippen LogP contribution in [0.25, 0.3) is 0 Å². The Hall–Kier alpha value is -2.12. The second kappa shape index (κ2) is 7.61. The van der Waals surface area contributed by atoms with Crippen LogP contribution < -0.4 is 0 Å². The van der Waals surface area contributed by atoms with Gasteiger partial charge in [-0.1, -0.05) is 17.6 Å². The summed E-state index contributed by atoms with van der Waals surface area (Å²) in [5, 5.41) is 0. The van der Waals surface area contributed by atoms with E-state index in [1.807, 2.05) is 36.1 Å². The molecule has 1 saturated heterocycles. The van der Waals surface area contributed by atoms with E-state index in [0.717, 1.165) is 37.3 Å². The zero-order valence-electron chi connectivity index (χ0n) is 12.6. The summed E-state index contributed by atoms with van der Waals surface area (Å²) in [7, 11) is 1.54. The number of hydrogen-bond donors (Lipinski definition) is 0. The predicted octanol–water partition coefficient (Wildman–Crippen LogP) is 1.94. The molecule has 2 heterocycles. The number of aryl methyl sites for hydroxylation is 1. The second-order valence-electron chi connectivity index (χ2n) is 5.05. The van der Waals surface area contributed by atoms with Crippen molar-refractivity contribution in [1.82, 2.24) is 9.88 Å². The molecule has 0 aliphatic carbocycles. The minimum absolute atomic E-state index is 0.0617. The number of methoxy groups -OCH3 is 1. The quantitative estimate of drug-likeness (QED) is 0.779. The molecule has 1 fully saturated rings. The number of aromatic nitrogens is 1. The fourth-order valence-electron chi connectivity index (χ4n) is 2.23. The maximum atomic E-state index is 11.7. The molecule has 110 valence electrons. The molecule has 0 bridgehead atoms. The number of ether oxygens (including phenoxy) is 1. The molecule has 0 spiro atoms. The maximum Gasteiger partial charge on any atom is 0.248 e. The third-order valence-corrected chi connectivity index (χ3v) is 3.39. The summed E-state index contributed by atoms with van der Waals surface area (Å²) in [6.45, 7) is 3.62. The first-order valence-corrected chi connectivity index (χ1v) is 7.09. The van der Waals surface area contributed by atoms with Crippen LogP contribution >= 0.6 is 0 Å². The van der Waals surface area contributed by atoms with Gasteiger partial charge in [0, 0.05) is 25.9 Å². The number of nitrogens with zero attached hydrogens (tertiary/aromatic N) is 2. The second-order valence-corrected chi connectivity index (χ2v) is 5.05. The van der Waals surface area contributed by atoms with Crippen LogP contribution in [0, 0.1) is 18.8 Å². The van der Waals surface area contributed by atoms with Gasteiger partial charge in [0.2, 0.25) is 5.91 Å². The Balaban J connectivity index is 1.89. The van der Waals surface area contributed by atoms with E-state index in [0.29, 0.717) is 0 Å².